The lowest BCUT2D eigenvalue weighted by atomic mass is 10.4. The van der Waals surface area contributed by atoms with E-state index in [2.05, 4.69) is 15.3 Å². The van der Waals surface area contributed by atoms with Crippen molar-refractivity contribution in [1.29, 1.82) is 0 Å². The van der Waals surface area contributed by atoms with E-state index in [9.17, 15) is 4.79 Å². The maximum absolute atomic E-state index is 12.0. The van der Waals surface area contributed by atoms with Gasteiger partial charge in [0.2, 0.25) is 0 Å². The molecule has 94 valence electrons. The second-order valence-electron chi connectivity index (χ2n) is 3.68. The van der Waals surface area contributed by atoms with Crippen LogP contribution in [0.3, 0.4) is 0 Å². The number of pyridine rings is 1. The Labute approximate surface area is 117 Å². The fourth-order valence-electron chi connectivity index (χ4n) is 1.51. The van der Waals surface area contributed by atoms with E-state index >= 15 is 0 Å². The number of anilines is 1. The molecule has 19 heavy (non-hydrogen) atoms. The highest BCUT2D eigenvalue weighted by Crippen LogP contribution is 2.27. The van der Waals surface area contributed by atoms with Gasteiger partial charge in [-0.2, -0.15) is 0 Å². The smallest absolute Gasteiger partial charge is 0.276 e. The summed E-state index contributed by atoms with van der Waals surface area (Å²) in [5.41, 5.74) is 0.416. The van der Waals surface area contributed by atoms with Crippen molar-refractivity contribution in [1.82, 2.24) is 9.97 Å². The third-order valence-corrected chi connectivity index (χ3v) is 4.26. The number of nitrogens with zero attached hydrogens (tertiary/aromatic N) is 2. The Balaban J connectivity index is 1.78. The number of rotatable bonds is 3. The molecule has 3 rings (SSSR count). The maximum Gasteiger partial charge on any atom is 0.276 e. The molecule has 0 radical (unpaired) electrons. The van der Waals surface area contributed by atoms with Gasteiger partial charge in [-0.15, -0.1) is 22.7 Å². The largest absolute Gasteiger partial charge is 0.305 e. The van der Waals surface area contributed by atoms with Gasteiger partial charge in [-0.05, 0) is 23.6 Å². The molecule has 3 aromatic heterocycles. The van der Waals surface area contributed by atoms with Crippen LogP contribution in [0.25, 0.3) is 9.88 Å². The molecule has 0 aromatic carbocycles. The molecule has 0 aliphatic heterocycles. The van der Waals surface area contributed by atoms with E-state index in [1.807, 2.05) is 23.6 Å². The minimum absolute atomic E-state index is 0.238. The van der Waals surface area contributed by atoms with Crippen LogP contribution in [0.2, 0.25) is 0 Å². The Morgan fingerprint density at radius 3 is 2.84 bits per heavy atom. The van der Waals surface area contributed by atoms with E-state index < -0.39 is 0 Å². The molecule has 0 bridgehead atoms. The molecule has 0 aliphatic carbocycles. The lowest BCUT2D eigenvalue weighted by Crippen LogP contribution is -2.13. The van der Waals surface area contributed by atoms with Gasteiger partial charge in [-0.3, -0.25) is 4.79 Å². The van der Waals surface area contributed by atoms with Gasteiger partial charge in [0.1, 0.15) is 16.5 Å². The molecule has 3 heterocycles. The summed E-state index contributed by atoms with van der Waals surface area (Å²) in [5, 5.41) is 7.32. The molecule has 0 saturated heterocycles. The molecule has 0 fully saturated rings. The van der Waals surface area contributed by atoms with E-state index in [4.69, 9.17) is 0 Å². The quantitative estimate of drug-likeness (QED) is 0.802. The maximum atomic E-state index is 12.0. The number of thiophene rings is 1. The molecule has 0 unspecified atom stereocenters. The fraction of sp³-hybridized carbons (Fsp3) is 0. The van der Waals surface area contributed by atoms with Crippen LogP contribution in [0.5, 0.6) is 0 Å². The summed E-state index contributed by atoms with van der Waals surface area (Å²) in [6.45, 7) is 0. The van der Waals surface area contributed by atoms with Crippen LogP contribution in [-0.4, -0.2) is 15.9 Å². The molecule has 3 aromatic rings. The zero-order valence-electron chi connectivity index (χ0n) is 9.74. The van der Waals surface area contributed by atoms with Crippen LogP contribution in [0, 0.1) is 0 Å². The second-order valence-corrected chi connectivity index (χ2v) is 5.49. The third-order valence-electron chi connectivity index (χ3n) is 2.38. The summed E-state index contributed by atoms with van der Waals surface area (Å²) in [6.07, 6.45) is 1.63. The van der Waals surface area contributed by atoms with Crippen LogP contribution >= 0.6 is 22.7 Å². The Morgan fingerprint density at radius 1 is 1.16 bits per heavy atom. The van der Waals surface area contributed by atoms with E-state index in [0.717, 1.165) is 9.88 Å². The minimum atomic E-state index is -0.238. The fourth-order valence-corrected chi connectivity index (χ4v) is 3.12. The van der Waals surface area contributed by atoms with E-state index in [1.54, 1.807) is 35.0 Å². The van der Waals surface area contributed by atoms with Crippen molar-refractivity contribution in [2.24, 2.45) is 0 Å². The molecular weight excluding hydrogens is 278 g/mol. The van der Waals surface area contributed by atoms with Crippen molar-refractivity contribution in [3.63, 3.8) is 0 Å². The highest BCUT2D eigenvalue weighted by atomic mass is 32.1. The predicted molar refractivity (Wildman–Crippen MR) is 77.6 cm³/mol. The van der Waals surface area contributed by atoms with Gasteiger partial charge in [0.05, 0.1) is 4.88 Å². The van der Waals surface area contributed by atoms with Crippen molar-refractivity contribution < 1.29 is 4.79 Å². The van der Waals surface area contributed by atoms with Gasteiger partial charge >= 0.3 is 0 Å². The predicted octanol–water partition coefficient (Wildman–Crippen LogP) is 3.52. The number of aromatic nitrogens is 2. The van der Waals surface area contributed by atoms with Crippen molar-refractivity contribution in [3.8, 4) is 9.88 Å². The molecule has 0 spiro atoms. The minimum Gasteiger partial charge on any atom is -0.305 e. The first-order valence-electron chi connectivity index (χ1n) is 5.55. The lowest BCUT2D eigenvalue weighted by molar-refractivity contribution is 0.102. The van der Waals surface area contributed by atoms with Crippen molar-refractivity contribution >= 4 is 34.4 Å². The van der Waals surface area contributed by atoms with Crippen LogP contribution in [-0.2, 0) is 0 Å². The zero-order chi connectivity index (χ0) is 13.1. The normalized spacial score (nSPS) is 10.3. The highest BCUT2D eigenvalue weighted by Gasteiger charge is 2.12. The summed E-state index contributed by atoms with van der Waals surface area (Å²) in [4.78, 5) is 21.4. The van der Waals surface area contributed by atoms with Gasteiger partial charge < -0.3 is 5.32 Å². The first-order valence-corrected chi connectivity index (χ1v) is 7.30. The zero-order valence-corrected chi connectivity index (χ0v) is 11.4. The summed E-state index contributed by atoms with van der Waals surface area (Å²) in [6, 6.07) is 9.32. The summed E-state index contributed by atoms with van der Waals surface area (Å²) >= 11 is 3.07. The summed E-state index contributed by atoms with van der Waals surface area (Å²) < 4.78 is 0. The summed E-state index contributed by atoms with van der Waals surface area (Å²) in [5.74, 6) is 0.288. The molecule has 4 nitrogen and oxygen atoms in total. The highest BCUT2D eigenvalue weighted by molar-refractivity contribution is 7.20. The van der Waals surface area contributed by atoms with Gasteiger partial charge in [-0.1, -0.05) is 12.1 Å². The Hall–Kier alpha value is -2.05. The first kappa shape index (κ1) is 12.0. The Kier molecular flexibility index (Phi) is 3.35. The monoisotopic (exact) mass is 287 g/mol. The number of nitrogens with one attached hydrogen (secondary N) is 1. The van der Waals surface area contributed by atoms with E-state index in [-0.39, 0.29) is 5.91 Å². The van der Waals surface area contributed by atoms with E-state index in [0.29, 0.717) is 11.5 Å². The number of amides is 1. The van der Waals surface area contributed by atoms with Gasteiger partial charge in [-0.25, -0.2) is 9.97 Å². The Morgan fingerprint density at radius 2 is 2.11 bits per heavy atom. The summed E-state index contributed by atoms with van der Waals surface area (Å²) in [7, 11) is 0. The molecule has 1 amide bonds. The van der Waals surface area contributed by atoms with Gasteiger partial charge in [0, 0.05) is 11.6 Å². The third kappa shape index (κ3) is 2.69. The van der Waals surface area contributed by atoms with Crippen LogP contribution in [0.15, 0.2) is 47.3 Å². The van der Waals surface area contributed by atoms with Gasteiger partial charge in [0.25, 0.3) is 5.91 Å². The van der Waals surface area contributed by atoms with Crippen LogP contribution in [0.1, 0.15) is 10.5 Å². The molecule has 0 saturated carbocycles. The van der Waals surface area contributed by atoms with Crippen LogP contribution < -0.4 is 5.32 Å². The number of carbonyl (C=O) groups is 1. The molecule has 0 atom stereocenters. The standard InChI is InChI=1S/C13H9N3OS2/c17-12(16-11-5-1-2-6-14-11)9-8-19-13(15-9)10-4-3-7-18-10/h1-8H,(H,14,16,17). The van der Waals surface area contributed by atoms with Crippen molar-refractivity contribution in [2.45, 2.75) is 0 Å². The number of carbonyl (C=O) groups excluding carboxylic acids is 1. The number of thiazole rings is 1. The average molecular weight is 287 g/mol. The number of hydrogen-bond donors (Lipinski definition) is 1. The Bertz CT molecular complexity index is 677. The van der Waals surface area contributed by atoms with Gasteiger partial charge in [0.15, 0.2) is 0 Å². The van der Waals surface area contributed by atoms with E-state index in [1.165, 1.54) is 11.3 Å². The SMILES string of the molecule is O=C(Nc1ccccn1)c1csc(-c2cccs2)n1. The topological polar surface area (TPSA) is 54.9 Å². The first-order chi connectivity index (χ1) is 9.33. The number of hydrogen-bond acceptors (Lipinski definition) is 5. The average Bonchev–Trinajstić information content (AvgIpc) is 3.11. The second kappa shape index (κ2) is 5.29. The molecule has 1 N–H and O–H groups in total. The molecular formula is C13H9N3OS2. The van der Waals surface area contributed by atoms with Crippen LogP contribution in [0.4, 0.5) is 5.82 Å². The molecule has 0 aliphatic rings. The van der Waals surface area contributed by atoms with Crippen molar-refractivity contribution in [2.75, 3.05) is 5.32 Å². The lowest BCUT2D eigenvalue weighted by Gasteiger charge is -2.00. The van der Waals surface area contributed by atoms with Crippen molar-refractivity contribution in [3.05, 3.63) is 53.0 Å². The molecule has 6 heteroatoms.